The van der Waals surface area contributed by atoms with E-state index in [1.807, 2.05) is 0 Å². The monoisotopic (exact) mass is 264 g/mol. The van der Waals surface area contributed by atoms with E-state index >= 15 is 0 Å². The third kappa shape index (κ3) is 3.19. The van der Waals surface area contributed by atoms with Gasteiger partial charge >= 0.3 is 6.18 Å². The molecule has 0 N–H and O–H groups in total. The average molecular weight is 264 g/mol. The first-order valence-electron chi connectivity index (χ1n) is 5.61. The van der Waals surface area contributed by atoms with Gasteiger partial charge in [-0.2, -0.15) is 13.2 Å². The number of halogens is 3. The molecule has 1 aromatic carbocycles. The van der Waals surface area contributed by atoms with Crippen LogP contribution in [-0.2, 0) is 6.18 Å². The number of aliphatic imine (C=N–C) groups is 1. The van der Waals surface area contributed by atoms with Gasteiger partial charge < -0.3 is 0 Å². The van der Waals surface area contributed by atoms with Crippen molar-refractivity contribution in [3.63, 3.8) is 0 Å². The fraction of sp³-hybridized carbons (Fsp3) is 0.143. The normalized spacial score (nSPS) is 12.5. The van der Waals surface area contributed by atoms with Gasteiger partial charge in [0.1, 0.15) is 0 Å². The SMILES string of the molecule is CC(=Nc1ccccc1C(F)(F)F)c1ccccn1. The van der Waals surface area contributed by atoms with E-state index in [0.717, 1.165) is 6.07 Å². The van der Waals surface area contributed by atoms with E-state index < -0.39 is 11.7 Å². The molecular formula is C14H11F3N2. The molecule has 0 unspecified atom stereocenters. The highest BCUT2D eigenvalue weighted by atomic mass is 19.4. The third-order valence-corrected chi connectivity index (χ3v) is 2.53. The van der Waals surface area contributed by atoms with Gasteiger partial charge in [-0.15, -0.1) is 0 Å². The molecule has 19 heavy (non-hydrogen) atoms. The molecule has 0 atom stereocenters. The predicted molar refractivity (Wildman–Crippen MR) is 67.6 cm³/mol. The number of alkyl halides is 3. The summed E-state index contributed by atoms with van der Waals surface area (Å²) >= 11 is 0. The molecule has 0 aliphatic rings. The Morgan fingerprint density at radius 2 is 1.74 bits per heavy atom. The Bertz CT molecular complexity index is 589. The Balaban J connectivity index is 2.44. The van der Waals surface area contributed by atoms with Crippen LogP contribution in [0.4, 0.5) is 18.9 Å². The summed E-state index contributed by atoms with van der Waals surface area (Å²) in [6, 6.07) is 10.4. The Kier molecular flexibility index (Phi) is 3.64. The lowest BCUT2D eigenvalue weighted by Crippen LogP contribution is -2.06. The highest BCUT2D eigenvalue weighted by Gasteiger charge is 2.33. The van der Waals surface area contributed by atoms with E-state index in [4.69, 9.17) is 0 Å². The molecule has 2 aromatic rings. The van der Waals surface area contributed by atoms with Gasteiger partial charge in [-0.1, -0.05) is 18.2 Å². The maximum atomic E-state index is 12.8. The lowest BCUT2D eigenvalue weighted by molar-refractivity contribution is -0.137. The molecule has 0 radical (unpaired) electrons. The molecule has 0 saturated heterocycles. The minimum Gasteiger partial charge on any atom is -0.255 e. The number of para-hydroxylation sites is 1. The first-order valence-corrected chi connectivity index (χ1v) is 5.61. The highest BCUT2D eigenvalue weighted by molar-refractivity contribution is 5.98. The van der Waals surface area contributed by atoms with Crippen LogP contribution in [0, 0.1) is 0 Å². The van der Waals surface area contributed by atoms with Crippen molar-refractivity contribution >= 4 is 11.4 Å². The van der Waals surface area contributed by atoms with Gasteiger partial charge in [0.15, 0.2) is 0 Å². The standard InChI is InChI=1S/C14H11F3N2/c1-10(12-7-4-5-9-18-12)19-13-8-3-2-6-11(13)14(15,16)17/h2-9H,1H3. The lowest BCUT2D eigenvalue weighted by Gasteiger charge is -2.10. The minimum absolute atomic E-state index is 0.0989. The molecule has 2 rings (SSSR count). The summed E-state index contributed by atoms with van der Waals surface area (Å²) in [5.41, 5.74) is 0.153. The van der Waals surface area contributed by atoms with Crippen LogP contribution in [0.5, 0.6) is 0 Å². The van der Waals surface area contributed by atoms with E-state index in [0.29, 0.717) is 11.4 Å². The second-order valence-corrected chi connectivity index (χ2v) is 3.93. The maximum absolute atomic E-state index is 12.8. The molecule has 0 aliphatic heterocycles. The van der Waals surface area contributed by atoms with Gasteiger partial charge in [-0.05, 0) is 31.2 Å². The number of hydrogen-bond acceptors (Lipinski definition) is 2. The summed E-state index contributed by atoms with van der Waals surface area (Å²) in [6.07, 6.45) is -2.84. The average Bonchev–Trinajstić information content (AvgIpc) is 2.39. The van der Waals surface area contributed by atoms with Crippen molar-refractivity contribution in [3.8, 4) is 0 Å². The number of rotatable bonds is 2. The molecule has 5 heteroatoms. The van der Waals surface area contributed by atoms with Gasteiger partial charge in [0.25, 0.3) is 0 Å². The van der Waals surface area contributed by atoms with E-state index in [9.17, 15) is 13.2 Å². The summed E-state index contributed by atoms with van der Waals surface area (Å²) in [5, 5.41) is 0. The zero-order valence-electron chi connectivity index (χ0n) is 10.1. The molecule has 2 nitrogen and oxygen atoms in total. The van der Waals surface area contributed by atoms with Gasteiger partial charge in [0.2, 0.25) is 0 Å². The smallest absolute Gasteiger partial charge is 0.255 e. The Morgan fingerprint density at radius 1 is 1.05 bits per heavy atom. The fourth-order valence-corrected chi connectivity index (χ4v) is 1.63. The summed E-state index contributed by atoms with van der Waals surface area (Å²) in [5.74, 6) is 0. The first kappa shape index (κ1) is 13.3. The molecule has 1 aromatic heterocycles. The molecular weight excluding hydrogens is 253 g/mol. The van der Waals surface area contributed by atoms with Crippen LogP contribution in [0.2, 0.25) is 0 Å². The summed E-state index contributed by atoms with van der Waals surface area (Å²) in [6.45, 7) is 1.63. The Labute approximate surface area is 108 Å². The van der Waals surface area contributed by atoms with Crippen molar-refractivity contribution in [1.82, 2.24) is 4.98 Å². The van der Waals surface area contributed by atoms with Crippen molar-refractivity contribution in [3.05, 3.63) is 59.9 Å². The van der Waals surface area contributed by atoms with Crippen molar-refractivity contribution in [2.75, 3.05) is 0 Å². The maximum Gasteiger partial charge on any atom is 0.418 e. The van der Waals surface area contributed by atoms with Crippen LogP contribution in [0.15, 0.2) is 53.7 Å². The number of hydrogen-bond donors (Lipinski definition) is 0. The number of benzene rings is 1. The van der Waals surface area contributed by atoms with Crippen molar-refractivity contribution in [1.29, 1.82) is 0 Å². The van der Waals surface area contributed by atoms with Crippen molar-refractivity contribution in [2.45, 2.75) is 13.1 Å². The van der Waals surface area contributed by atoms with E-state index in [1.54, 1.807) is 31.3 Å². The second-order valence-electron chi connectivity index (χ2n) is 3.93. The summed E-state index contributed by atoms with van der Waals surface area (Å²) in [4.78, 5) is 8.08. The third-order valence-electron chi connectivity index (χ3n) is 2.53. The molecule has 0 bridgehead atoms. The first-order chi connectivity index (χ1) is 8.98. The zero-order chi connectivity index (χ0) is 13.9. The quantitative estimate of drug-likeness (QED) is 0.745. The van der Waals surface area contributed by atoms with Crippen LogP contribution in [0.25, 0.3) is 0 Å². The van der Waals surface area contributed by atoms with E-state index in [2.05, 4.69) is 9.98 Å². The van der Waals surface area contributed by atoms with Crippen molar-refractivity contribution in [2.24, 2.45) is 4.99 Å². The number of nitrogens with zero attached hydrogens (tertiary/aromatic N) is 2. The molecule has 98 valence electrons. The predicted octanol–water partition coefficient (Wildman–Crippen LogP) is 4.24. The molecule has 0 fully saturated rings. The molecule has 0 spiro atoms. The van der Waals surface area contributed by atoms with E-state index in [1.165, 1.54) is 18.2 Å². The van der Waals surface area contributed by atoms with Gasteiger partial charge in [-0.3, -0.25) is 9.98 Å². The summed E-state index contributed by atoms with van der Waals surface area (Å²) in [7, 11) is 0. The molecule has 0 amide bonds. The van der Waals surface area contributed by atoms with Crippen LogP contribution >= 0.6 is 0 Å². The molecule has 0 saturated carbocycles. The highest BCUT2D eigenvalue weighted by Crippen LogP contribution is 2.36. The van der Waals surface area contributed by atoms with Crippen molar-refractivity contribution < 1.29 is 13.2 Å². The topological polar surface area (TPSA) is 25.2 Å². The molecule has 0 aliphatic carbocycles. The zero-order valence-corrected chi connectivity index (χ0v) is 10.1. The summed E-state index contributed by atoms with van der Waals surface area (Å²) < 4.78 is 38.4. The number of pyridine rings is 1. The molecule has 1 heterocycles. The van der Waals surface area contributed by atoms with Gasteiger partial charge in [0, 0.05) is 6.20 Å². The minimum atomic E-state index is -4.41. The second kappa shape index (κ2) is 5.22. The number of aromatic nitrogens is 1. The van der Waals surface area contributed by atoms with Crippen LogP contribution in [0.3, 0.4) is 0 Å². The fourth-order valence-electron chi connectivity index (χ4n) is 1.63. The van der Waals surface area contributed by atoms with Gasteiger partial charge in [-0.25, -0.2) is 0 Å². The van der Waals surface area contributed by atoms with Crippen LogP contribution < -0.4 is 0 Å². The Morgan fingerprint density at radius 3 is 2.37 bits per heavy atom. The van der Waals surface area contributed by atoms with E-state index in [-0.39, 0.29) is 5.69 Å². The largest absolute Gasteiger partial charge is 0.418 e. The van der Waals surface area contributed by atoms with Gasteiger partial charge in [0.05, 0.1) is 22.7 Å². The Hall–Kier alpha value is -2.17. The van der Waals surface area contributed by atoms with Crippen LogP contribution in [-0.4, -0.2) is 10.7 Å². The van der Waals surface area contributed by atoms with Crippen LogP contribution in [0.1, 0.15) is 18.2 Å². The lowest BCUT2D eigenvalue weighted by atomic mass is 10.1.